The van der Waals surface area contributed by atoms with Crippen molar-refractivity contribution in [2.24, 2.45) is 5.41 Å². The number of ether oxygens (including phenoxy) is 1. The van der Waals surface area contributed by atoms with Crippen molar-refractivity contribution in [2.75, 3.05) is 0 Å². The van der Waals surface area contributed by atoms with Crippen LogP contribution in [0.2, 0.25) is 0 Å². The van der Waals surface area contributed by atoms with Gasteiger partial charge in [0.15, 0.2) is 0 Å². The monoisotopic (exact) mass is 454 g/mol. The van der Waals surface area contributed by atoms with Crippen LogP contribution in [0.4, 0.5) is 0 Å². The summed E-state index contributed by atoms with van der Waals surface area (Å²) in [5, 5.41) is 0. The van der Waals surface area contributed by atoms with Crippen LogP contribution in [0, 0.1) is 5.41 Å². The summed E-state index contributed by atoms with van der Waals surface area (Å²) < 4.78 is 6.57. The van der Waals surface area contributed by atoms with E-state index < -0.39 is 23.3 Å². The van der Waals surface area contributed by atoms with Crippen molar-refractivity contribution in [1.29, 1.82) is 0 Å². The van der Waals surface area contributed by atoms with Crippen molar-refractivity contribution < 1.29 is 32.9 Å². The maximum atomic E-state index is 11.3. The minimum atomic E-state index is -1.70. The fourth-order valence-corrected chi connectivity index (χ4v) is 9.32. The molecule has 0 radical (unpaired) electrons. The van der Waals surface area contributed by atoms with E-state index in [2.05, 4.69) is 20.8 Å². The predicted molar refractivity (Wildman–Crippen MR) is 70.4 cm³/mol. The van der Waals surface area contributed by atoms with Gasteiger partial charge < -0.3 is 0 Å². The zero-order chi connectivity index (χ0) is 13.8. The molecule has 94 valence electrons. The molecule has 0 fully saturated rings. The Kier molecular flexibility index (Phi) is 5.86. The number of hydrogen-bond donors (Lipinski definition) is 0. The molecule has 0 aliphatic carbocycles. The summed E-state index contributed by atoms with van der Waals surface area (Å²) in [6.07, 6.45) is 0. The van der Waals surface area contributed by atoms with Crippen LogP contribution in [0.25, 0.3) is 5.76 Å². The molecule has 1 aromatic rings. The summed E-state index contributed by atoms with van der Waals surface area (Å²) in [6.45, 7) is 7.75. The molecule has 1 aromatic carbocycles. The summed E-state index contributed by atoms with van der Waals surface area (Å²) >= 11 is -1.70. The van der Waals surface area contributed by atoms with E-state index >= 15 is 0 Å². The Morgan fingerprint density at radius 3 is 2.17 bits per heavy atom. The van der Waals surface area contributed by atoms with E-state index in [9.17, 15) is 4.79 Å². The Morgan fingerprint density at radius 2 is 1.78 bits per heavy atom. The van der Waals surface area contributed by atoms with Crippen LogP contribution in [0.5, 0.6) is 0 Å². The minimum absolute atomic E-state index is 0.0517. The molecule has 0 saturated carbocycles. The number of benzene rings is 1. The maximum absolute atomic E-state index is 11.3. The van der Waals surface area contributed by atoms with E-state index in [4.69, 9.17) is 13.0 Å². The fraction of sp³-hybridized carbons (Fsp3) is 0.357. The molecule has 2 nitrogen and oxygen atoms in total. The van der Waals surface area contributed by atoms with Gasteiger partial charge in [-0.2, -0.15) is 0 Å². The van der Waals surface area contributed by atoms with Crippen LogP contribution in [-0.2, 0) is 32.9 Å². The van der Waals surface area contributed by atoms with Gasteiger partial charge in [0, 0.05) is 0 Å². The second-order valence-corrected chi connectivity index (χ2v) is 11.3. The van der Waals surface area contributed by atoms with Crippen LogP contribution in [0.1, 0.15) is 33.3 Å². The quantitative estimate of drug-likeness (QED) is 0.390. The molecule has 0 saturated heterocycles. The van der Waals surface area contributed by atoms with Crippen molar-refractivity contribution in [3.05, 3.63) is 39.0 Å². The van der Waals surface area contributed by atoms with Gasteiger partial charge in [0.05, 0.1) is 0 Å². The standard InChI is InChI=1S/C14H17O2.ClH.Hg/c1-11(15)16-13(10-14(2,3)4)12-8-6-5-7-9-12;;/h5-9H,1-4H3;1H;/q;;+1/p-1. The van der Waals surface area contributed by atoms with Gasteiger partial charge in [-0.15, -0.1) is 0 Å². The van der Waals surface area contributed by atoms with Gasteiger partial charge in [-0.1, -0.05) is 0 Å². The third-order valence-corrected chi connectivity index (χ3v) is 11.4. The number of carbonyl (C=O) groups is 1. The molecule has 0 spiro atoms. The first-order valence-corrected chi connectivity index (χ1v) is 15.4. The average Bonchev–Trinajstić information content (AvgIpc) is 2.27. The van der Waals surface area contributed by atoms with E-state index in [1.54, 1.807) is 0 Å². The summed E-state index contributed by atoms with van der Waals surface area (Å²) in [4.78, 5) is 11.3. The number of carbonyl (C=O) groups excluding carboxylic acids is 1. The van der Waals surface area contributed by atoms with Crippen LogP contribution < -0.4 is 0 Å². The molecule has 0 unspecified atom stereocenters. The van der Waals surface area contributed by atoms with Gasteiger partial charge in [0.25, 0.3) is 0 Å². The second kappa shape index (κ2) is 6.71. The first-order valence-electron chi connectivity index (χ1n) is 5.89. The van der Waals surface area contributed by atoms with Crippen LogP contribution in [0.15, 0.2) is 33.4 Å². The Hall–Kier alpha value is -0.345. The molecule has 0 amide bonds. The predicted octanol–water partition coefficient (Wildman–Crippen LogP) is 4.20. The van der Waals surface area contributed by atoms with Crippen molar-refractivity contribution in [3.63, 3.8) is 0 Å². The molecule has 0 N–H and O–H groups in total. The SMILES string of the molecule is CC(=O)O/C(=[C](/[Hg][Cl])C(C)(C)C)c1ccccc1. The zero-order valence-electron chi connectivity index (χ0n) is 11.3. The van der Waals surface area contributed by atoms with Gasteiger partial charge in [0.2, 0.25) is 0 Å². The van der Waals surface area contributed by atoms with Crippen LogP contribution in [-0.4, -0.2) is 5.97 Å². The van der Waals surface area contributed by atoms with Crippen molar-refractivity contribution in [2.45, 2.75) is 27.7 Å². The average molecular weight is 453 g/mol. The van der Waals surface area contributed by atoms with Gasteiger partial charge in [-0.25, -0.2) is 0 Å². The molecule has 0 bridgehead atoms. The van der Waals surface area contributed by atoms with Crippen LogP contribution >= 0.6 is 8.25 Å². The summed E-state index contributed by atoms with van der Waals surface area (Å²) in [5.41, 5.74) is 0.877. The molecule has 0 atom stereocenters. The van der Waals surface area contributed by atoms with Crippen LogP contribution in [0.3, 0.4) is 0 Å². The molecule has 4 heteroatoms. The molecule has 0 aliphatic heterocycles. The van der Waals surface area contributed by atoms with E-state index in [1.807, 2.05) is 30.3 Å². The molecular weight excluding hydrogens is 436 g/mol. The Bertz CT molecular complexity index is 447. The molecule has 0 heterocycles. The summed E-state index contributed by atoms with van der Waals surface area (Å²) in [6, 6.07) is 9.71. The number of esters is 1. The number of allylic oxidation sites excluding steroid dienone is 1. The Balaban J connectivity index is 3.36. The van der Waals surface area contributed by atoms with E-state index in [1.165, 1.54) is 6.92 Å². The summed E-state index contributed by atoms with van der Waals surface area (Å²) in [5.74, 6) is 0.376. The summed E-state index contributed by atoms with van der Waals surface area (Å²) in [7, 11) is 6.25. The number of hydrogen-bond acceptors (Lipinski definition) is 2. The van der Waals surface area contributed by atoms with Gasteiger partial charge >= 0.3 is 125 Å². The first kappa shape index (κ1) is 15.7. The number of rotatable bonds is 3. The Labute approximate surface area is 124 Å². The second-order valence-electron chi connectivity index (χ2n) is 5.15. The van der Waals surface area contributed by atoms with Gasteiger partial charge in [-0.3, -0.25) is 0 Å². The number of halogens is 1. The normalized spacial score (nSPS) is 12.5. The fourth-order valence-electron chi connectivity index (χ4n) is 1.63. The third kappa shape index (κ3) is 4.40. The molecule has 18 heavy (non-hydrogen) atoms. The molecule has 1 rings (SSSR count). The molecule has 0 aliphatic rings. The topological polar surface area (TPSA) is 26.3 Å². The van der Waals surface area contributed by atoms with Crippen molar-refractivity contribution in [3.8, 4) is 0 Å². The van der Waals surface area contributed by atoms with Crippen molar-refractivity contribution in [1.82, 2.24) is 0 Å². The first-order chi connectivity index (χ1) is 8.36. The van der Waals surface area contributed by atoms with E-state index in [0.717, 1.165) is 8.65 Å². The van der Waals surface area contributed by atoms with E-state index in [-0.39, 0.29) is 11.4 Å². The van der Waals surface area contributed by atoms with Gasteiger partial charge in [-0.05, 0) is 0 Å². The van der Waals surface area contributed by atoms with Gasteiger partial charge in [0.1, 0.15) is 0 Å². The molecular formula is C14H17ClHgO2. The van der Waals surface area contributed by atoms with Crippen molar-refractivity contribution >= 4 is 20.0 Å². The molecule has 0 aromatic heterocycles. The third-order valence-electron chi connectivity index (χ3n) is 2.59. The Morgan fingerprint density at radius 1 is 1.22 bits per heavy atom. The van der Waals surface area contributed by atoms with E-state index in [0.29, 0.717) is 5.76 Å². The zero-order valence-corrected chi connectivity index (χ0v) is 17.5.